The van der Waals surface area contributed by atoms with Crippen LogP contribution in [-0.2, 0) is 23.3 Å². The first kappa shape index (κ1) is 16.5. The van der Waals surface area contributed by atoms with E-state index in [4.69, 9.17) is 4.84 Å². The molecule has 124 valence electrons. The van der Waals surface area contributed by atoms with E-state index < -0.39 is 18.2 Å². The molecule has 0 bridgehead atoms. The van der Waals surface area contributed by atoms with E-state index in [0.717, 1.165) is 9.36 Å². The number of benzene rings is 1. The highest BCUT2D eigenvalue weighted by atomic mass is 19.3. The molecule has 0 spiro atoms. The van der Waals surface area contributed by atoms with Crippen LogP contribution in [-0.4, -0.2) is 32.3 Å². The maximum Gasteiger partial charge on any atom is 0.387 e. The fourth-order valence-electron chi connectivity index (χ4n) is 1.78. The number of carbonyl (C=O) groups is 1. The molecule has 0 radical (unpaired) electrons. The molecule has 0 aliphatic rings. The largest absolute Gasteiger partial charge is 0.434 e. The lowest BCUT2D eigenvalue weighted by Gasteiger charge is -2.14. The van der Waals surface area contributed by atoms with E-state index in [0.29, 0.717) is 0 Å². The Bertz CT molecular complexity index is 758. The van der Waals surface area contributed by atoms with Gasteiger partial charge in [0.05, 0.1) is 5.69 Å². The summed E-state index contributed by atoms with van der Waals surface area (Å²) in [5.74, 6) is -0.684. The third-order valence-corrected chi connectivity index (χ3v) is 2.71. The van der Waals surface area contributed by atoms with E-state index in [1.54, 1.807) is 0 Å². The van der Waals surface area contributed by atoms with Gasteiger partial charge in [-0.2, -0.15) is 18.1 Å². The van der Waals surface area contributed by atoms with Crippen LogP contribution in [0.4, 0.5) is 8.78 Å². The summed E-state index contributed by atoms with van der Waals surface area (Å²) in [6.07, 6.45) is 0. The predicted octanol–water partition coefficient (Wildman–Crippen LogP) is 0.135. The third-order valence-electron chi connectivity index (χ3n) is 2.71. The van der Waals surface area contributed by atoms with Gasteiger partial charge in [-0.15, -0.1) is 0 Å². The zero-order valence-electron chi connectivity index (χ0n) is 12.2. The molecule has 1 aromatic heterocycles. The van der Waals surface area contributed by atoms with Crippen LogP contribution in [0.25, 0.3) is 5.69 Å². The van der Waals surface area contributed by atoms with Gasteiger partial charge in [-0.25, -0.2) is 10.3 Å². The highest BCUT2D eigenvalue weighted by Gasteiger charge is 2.18. The maximum atomic E-state index is 12.5. The molecule has 2 rings (SSSR count). The number of hydroxylamine groups is 1. The number of alkyl halides is 2. The van der Waals surface area contributed by atoms with Crippen molar-refractivity contribution in [1.29, 1.82) is 0 Å². The lowest BCUT2D eigenvalue weighted by Crippen LogP contribution is -2.24. The van der Waals surface area contributed by atoms with Crippen molar-refractivity contribution in [3.05, 3.63) is 34.2 Å². The standard InChI is InChI=1S/C12H13F2N5O4/c1-7(20)15-22-6-8-9(19-12(21)18(2)16-17-19)4-3-5-10(8)23-11(13)14/h3-5,11H,6H2,1-2H3,(H,15,20). The second-order valence-electron chi connectivity index (χ2n) is 4.38. The van der Waals surface area contributed by atoms with Crippen LogP contribution in [0, 0.1) is 0 Å². The Morgan fingerprint density at radius 1 is 1.39 bits per heavy atom. The van der Waals surface area contributed by atoms with Crippen LogP contribution in [0.5, 0.6) is 5.75 Å². The van der Waals surface area contributed by atoms with Gasteiger partial charge < -0.3 is 4.74 Å². The minimum absolute atomic E-state index is 0.101. The molecule has 0 aliphatic carbocycles. The number of nitrogens with zero attached hydrogens (tertiary/aromatic N) is 4. The number of halogens is 2. The molecule has 1 amide bonds. The second-order valence-corrected chi connectivity index (χ2v) is 4.38. The van der Waals surface area contributed by atoms with Crippen molar-refractivity contribution in [3.8, 4) is 11.4 Å². The molecule has 11 heteroatoms. The van der Waals surface area contributed by atoms with Gasteiger partial charge >= 0.3 is 12.3 Å². The Labute approximate surface area is 128 Å². The van der Waals surface area contributed by atoms with Gasteiger partial charge in [0, 0.05) is 19.5 Å². The summed E-state index contributed by atoms with van der Waals surface area (Å²) >= 11 is 0. The van der Waals surface area contributed by atoms with Crippen molar-refractivity contribution < 1.29 is 23.1 Å². The summed E-state index contributed by atoms with van der Waals surface area (Å²) in [5.41, 5.74) is 1.73. The monoisotopic (exact) mass is 329 g/mol. The maximum absolute atomic E-state index is 12.5. The number of hydrogen-bond donors (Lipinski definition) is 1. The highest BCUT2D eigenvalue weighted by Crippen LogP contribution is 2.26. The molecule has 23 heavy (non-hydrogen) atoms. The molecule has 0 unspecified atom stereocenters. The van der Waals surface area contributed by atoms with Crippen molar-refractivity contribution in [2.45, 2.75) is 20.1 Å². The van der Waals surface area contributed by atoms with Gasteiger partial charge in [-0.3, -0.25) is 9.63 Å². The summed E-state index contributed by atoms with van der Waals surface area (Å²) < 4.78 is 31.4. The van der Waals surface area contributed by atoms with Crippen LogP contribution in [0.1, 0.15) is 12.5 Å². The second kappa shape index (κ2) is 6.96. The summed E-state index contributed by atoms with van der Waals surface area (Å²) in [6.45, 7) is -2.17. The Morgan fingerprint density at radius 2 is 2.13 bits per heavy atom. The molecular formula is C12H13F2N5O4. The molecule has 0 aliphatic heterocycles. The van der Waals surface area contributed by atoms with E-state index in [1.807, 2.05) is 0 Å². The molecular weight excluding hydrogens is 316 g/mol. The number of aromatic nitrogens is 4. The number of carbonyl (C=O) groups excluding carboxylic acids is 1. The fraction of sp³-hybridized carbons (Fsp3) is 0.333. The molecule has 0 saturated carbocycles. The Kier molecular flexibility index (Phi) is 5.01. The Balaban J connectivity index is 2.45. The minimum Gasteiger partial charge on any atom is -0.434 e. The first-order valence-electron chi connectivity index (χ1n) is 6.34. The number of nitrogens with one attached hydrogen (secondary N) is 1. The van der Waals surface area contributed by atoms with Gasteiger partial charge in [-0.05, 0) is 22.6 Å². The number of aryl methyl sites for hydroxylation is 1. The molecule has 1 N–H and O–H groups in total. The zero-order valence-corrected chi connectivity index (χ0v) is 12.2. The van der Waals surface area contributed by atoms with E-state index in [1.165, 1.54) is 32.2 Å². The first-order valence-corrected chi connectivity index (χ1v) is 6.34. The quantitative estimate of drug-likeness (QED) is 0.757. The summed E-state index contributed by atoms with van der Waals surface area (Å²) in [4.78, 5) is 27.7. The van der Waals surface area contributed by atoms with Crippen molar-refractivity contribution in [1.82, 2.24) is 25.3 Å². The van der Waals surface area contributed by atoms with E-state index in [-0.39, 0.29) is 23.6 Å². The third kappa shape index (κ3) is 3.88. The fourth-order valence-corrected chi connectivity index (χ4v) is 1.78. The van der Waals surface area contributed by atoms with Crippen LogP contribution in [0.3, 0.4) is 0 Å². The average molecular weight is 329 g/mol. The summed E-state index contributed by atoms with van der Waals surface area (Å²) in [6, 6.07) is 4.15. The van der Waals surface area contributed by atoms with Crippen molar-refractivity contribution in [2.75, 3.05) is 0 Å². The van der Waals surface area contributed by atoms with E-state index >= 15 is 0 Å². The number of ether oxygens (including phenoxy) is 1. The summed E-state index contributed by atoms with van der Waals surface area (Å²) in [7, 11) is 1.39. The van der Waals surface area contributed by atoms with Gasteiger partial charge in [0.15, 0.2) is 0 Å². The normalized spacial score (nSPS) is 10.8. The molecule has 0 saturated heterocycles. The number of rotatable bonds is 6. The van der Waals surface area contributed by atoms with Crippen LogP contribution in [0.2, 0.25) is 0 Å². The van der Waals surface area contributed by atoms with Gasteiger partial charge in [-0.1, -0.05) is 6.07 Å². The molecule has 9 nitrogen and oxygen atoms in total. The molecule has 1 aromatic carbocycles. The van der Waals surface area contributed by atoms with Crippen molar-refractivity contribution >= 4 is 5.91 Å². The average Bonchev–Trinajstić information content (AvgIpc) is 2.79. The Hall–Kier alpha value is -2.82. The van der Waals surface area contributed by atoms with Crippen LogP contribution >= 0.6 is 0 Å². The number of hydrogen-bond acceptors (Lipinski definition) is 6. The number of amides is 1. The molecule has 0 fully saturated rings. The summed E-state index contributed by atoms with van der Waals surface area (Å²) in [5, 5.41) is 7.19. The predicted molar refractivity (Wildman–Crippen MR) is 71.8 cm³/mol. The topological polar surface area (TPSA) is 100 Å². The molecule has 2 aromatic rings. The number of tetrazole rings is 1. The molecule has 1 heterocycles. The molecule has 0 atom stereocenters. The highest BCUT2D eigenvalue weighted by molar-refractivity contribution is 5.71. The SMILES string of the molecule is CC(=O)NOCc1c(OC(F)F)cccc1-n1nnn(C)c1=O. The minimum atomic E-state index is -3.07. The van der Waals surface area contributed by atoms with Crippen molar-refractivity contribution in [2.24, 2.45) is 7.05 Å². The van der Waals surface area contributed by atoms with Crippen LogP contribution < -0.4 is 15.9 Å². The van der Waals surface area contributed by atoms with Gasteiger partial charge in [0.2, 0.25) is 5.91 Å². The van der Waals surface area contributed by atoms with Gasteiger partial charge in [0.25, 0.3) is 0 Å². The van der Waals surface area contributed by atoms with E-state index in [9.17, 15) is 18.4 Å². The Morgan fingerprint density at radius 3 is 2.70 bits per heavy atom. The van der Waals surface area contributed by atoms with Crippen LogP contribution in [0.15, 0.2) is 23.0 Å². The van der Waals surface area contributed by atoms with Gasteiger partial charge in [0.1, 0.15) is 12.4 Å². The lowest BCUT2D eigenvalue weighted by molar-refractivity contribution is -0.132. The zero-order chi connectivity index (χ0) is 17.0. The lowest BCUT2D eigenvalue weighted by atomic mass is 10.1. The van der Waals surface area contributed by atoms with Crippen molar-refractivity contribution in [3.63, 3.8) is 0 Å². The first-order chi connectivity index (χ1) is 10.9. The van der Waals surface area contributed by atoms with E-state index in [2.05, 4.69) is 20.6 Å². The smallest absolute Gasteiger partial charge is 0.387 e.